The second kappa shape index (κ2) is 6.95. The van der Waals surface area contributed by atoms with E-state index in [0.717, 1.165) is 37.0 Å². The first kappa shape index (κ1) is 15.1. The summed E-state index contributed by atoms with van der Waals surface area (Å²) in [5, 5.41) is 9.61. The zero-order chi connectivity index (χ0) is 14.5. The topological polar surface area (TPSA) is 47.9 Å². The number of aliphatic hydroxyl groups is 1. The first-order valence-electron chi connectivity index (χ1n) is 7.19. The number of benzene rings is 1. The van der Waals surface area contributed by atoms with E-state index in [0.29, 0.717) is 5.75 Å². The molecule has 3 unspecified atom stereocenters. The Morgan fingerprint density at radius 3 is 2.55 bits per heavy atom. The molecule has 1 aromatic carbocycles. The van der Waals surface area contributed by atoms with E-state index >= 15 is 0 Å². The highest BCUT2D eigenvalue weighted by atomic mass is 16.5. The van der Waals surface area contributed by atoms with E-state index in [1.807, 2.05) is 18.2 Å². The van der Waals surface area contributed by atoms with Gasteiger partial charge in [-0.3, -0.25) is 0 Å². The van der Waals surface area contributed by atoms with Crippen LogP contribution in [-0.4, -0.2) is 31.5 Å². The van der Waals surface area contributed by atoms with Gasteiger partial charge in [-0.2, -0.15) is 0 Å². The molecule has 1 aliphatic carbocycles. The van der Waals surface area contributed by atoms with Crippen molar-refractivity contribution in [2.45, 2.75) is 50.9 Å². The fraction of sp³-hybridized carbons (Fsp3) is 0.625. The lowest BCUT2D eigenvalue weighted by molar-refractivity contribution is 0.0201. The Morgan fingerprint density at radius 1 is 1.15 bits per heavy atom. The summed E-state index contributed by atoms with van der Waals surface area (Å²) in [6, 6.07) is 5.58. The van der Waals surface area contributed by atoms with Crippen molar-refractivity contribution in [3.63, 3.8) is 0 Å². The maximum absolute atomic E-state index is 9.61. The second-order valence-electron chi connectivity index (χ2n) is 5.35. The first-order valence-corrected chi connectivity index (χ1v) is 7.19. The van der Waals surface area contributed by atoms with Gasteiger partial charge in [0.2, 0.25) is 0 Å². The van der Waals surface area contributed by atoms with Gasteiger partial charge >= 0.3 is 0 Å². The summed E-state index contributed by atoms with van der Waals surface area (Å²) in [6.07, 6.45) is 4.13. The largest absolute Gasteiger partial charge is 0.493 e. The third-order valence-corrected chi connectivity index (χ3v) is 3.88. The third-order valence-electron chi connectivity index (χ3n) is 3.88. The van der Waals surface area contributed by atoms with Crippen molar-refractivity contribution >= 4 is 0 Å². The molecular formula is C16H24O4. The molecule has 0 bridgehead atoms. The molecule has 20 heavy (non-hydrogen) atoms. The van der Waals surface area contributed by atoms with E-state index in [-0.39, 0.29) is 12.2 Å². The van der Waals surface area contributed by atoms with Crippen LogP contribution in [0.25, 0.3) is 0 Å². The van der Waals surface area contributed by atoms with E-state index in [1.165, 1.54) is 0 Å². The molecule has 1 N–H and O–H groups in total. The van der Waals surface area contributed by atoms with Crippen molar-refractivity contribution < 1.29 is 19.3 Å². The zero-order valence-electron chi connectivity index (χ0n) is 12.5. The molecular weight excluding hydrogens is 256 g/mol. The van der Waals surface area contributed by atoms with Gasteiger partial charge in [0.1, 0.15) is 6.10 Å². The van der Waals surface area contributed by atoms with Crippen LogP contribution in [0.3, 0.4) is 0 Å². The Bertz CT molecular complexity index is 430. The molecule has 0 heterocycles. The van der Waals surface area contributed by atoms with Crippen LogP contribution in [0.5, 0.6) is 11.5 Å². The molecule has 0 aliphatic heterocycles. The van der Waals surface area contributed by atoms with Gasteiger partial charge in [-0.1, -0.05) is 6.07 Å². The molecule has 2 rings (SSSR count). The van der Waals surface area contributed by atoms with E-state index in [4.69, 9.17) is 14.2 Å². The molecule has 4 heteroatoms. The van der Waals surface area contributed by atoms with Crippen molar-refractivity contribution in [2.75, 3.05) is 14.2 Å². The molecule has 1 aromatic rings. The van der Waals surface area contributed by atoms with Crippen LogP contribution in [0.1, 0.15) is 44.3 Å². The quantitative estimate of drug-likeness (QED) is 0.900. The van der Waals surface area contributed by atoms with E-state index < -0.39 is 6.10 Å². The lowest BCUT2D eigenvalue weighted by atomic mass is 9.95. The average Bonchev–Trinajstić information content (AvgIpc) is 2.47. The highest BCUT2D eigenvalue weighted by Crippen LogP contribution is 2.33. The maximum atomic E-state index is 9.61. The number of aliphatic hydroxyl groups excluding tert-OH is 1. The molecule has 3 atom stereocenters. The maximum Gasteiger partial charge on any atom is 0.161 e. The molecule has 4 nitrogen and oxygen atoms in total. The van der Waals surface area contributed by atoms with E-state index in [9.17, 15) is 5.11 Å². The summed E-state index contributed by atoms with van der Waals surface area (Å²) in [6.45, 7) is 1.74. The van der Waals surface area contributed by atoms with E-state index in [1.54, 1.807) is 21.1 Å². The number of methoxy groups -OCH3 is 2. The van der Waals surface area contributed by atoms with Gasteiger partial charge in [0.15, 0.2) is 11.5 Å². The summed E-state index contributed by atoms with van der Waals surface area (Å²) in [5.74, 6) is 1.40. The van der Waals surface area contributed by atoms with Crippen LogP contribution in [0.2, 0.25) is 0 Å². The molecule has 1 saturated carbocycles. The molecule has 0 spiro atoms. The zero-order valence-corrected chi connectivity index (χ0v) is 12.5. The Balaban J connectivity index is 2.08. The van der Waals surface area contributed by atoms with Gasteiger partial charge in [0.25, 0.3) is 0 Å². The molecule has 112 valence electrons. The van der Waals surface area contributed by atoms with Gasteiger partial charge < -0.3 is 19.3 Å². The minimum absolute atomic E-state index is 0.167. The second-order valence-corrected chi connectivity index (χ2v) is 5.35. The first-order chi connectivity index (χ1) is 9.63. The monoisotopic (exact) mass is 280 g/mol. The number of rotatable bonds is 5. The smallest absolute Gasteiger partial charge is 0.161 e. The van der Waals surface area contributed by atoms with Crippen molar-refractivity contribution in [3.8, 4) is 11.5 Å². The van der Waals surface area contributed by atoms with Crippen molar-refractivity contribution in [1.82, 2.24) is 0 Å². The Hall–Kier alpha value is -1.26. The lowest BCUT2D eigenvalue weighted by Crippen LogP contribution is -2.29. The predicted molar refractivity (Wildman–Crippen MR) is 77.3 cm³/mol. The minimum Gasteiger partial charge on any atom is -0.493 e. The highest BCUT2D eigenvalue weighted by Gasteiger charge is 2.24. The van der Waals surface area contributed by atoms with Gasteiger partial charge in [-0.05, 0) is 43.9 Å². The van der Waals surface area contributed by atoms with Crippen molar-refractivity contribution in [1.29, 1.82) is 0 Å². The number of hydrogen-bond donors (Lipinski definition) is 1. The summed E-state index contributed by atoms with van der Waals surface area (Å²) in [7, 11) is 3.37. The normalized spacial score (nSPS) is 24.2. The fourth-order valence-electron chi connectivity index (χ4n) is 2.64. The summed E-state index contributed by atoms with van der Waals surface area (Å²) < 4.78 is 16.8. The molecule has 1 fully saturated rings. The van der Waals surface area contributed by atoms with Gasteiger partial charge in [-0.15, -0.1) is 0 Å². The summed E-state index contributed by atoms with van der Waals surface area (Å²) in [4.78, 5) is 0. The van der Waals surface area contributed by atoms with Crippen LogP contribution in [-0.2, 0) is 4.74 Å². The van der Waals surface area contributed by atoms with Crippen LogP contribution in [0.4, 0.5) is 0 Å². The van der Waals surface area contributed by atoms with Crippen molar-refractivity contribution in [3.05, 3.63) is 23.8 Å². The molecule has 0 radical (unpaired) electrons. The number of ether oxygens (including phenoxy) is 3. The highest BCUT2D eigenvalue weighted by molar-refractivity contribution is 5.43. The summed E-state index contributed by atoms with van der Waals surface area (Å²) >= 11 is 0. The molecule has 0 aromatic heterocycles. The van der Waals surface area contributed by atoms with Gasteiger partial charge in [0, 0.05) is 13.5 Å². The third kappa shape index (κ3) is 3.64. The van der Waals surface area contributed by atoms with Crippen LogP contribution in [0, 0.1) is 0 Å². The molecule has 1 aliphatic rings. The Labute approximate surface area is 120 Å². The average molecular weight is 280 g/mol. The van der Waals surface area contributed by atoms with E-state index in [2.05, 4.69) is 0 Å². The number of hydrogen-bond acceptors (Lipinski definition) is 4. The Kier molecular flexibility index (Phi) is 5.26. The van der Waals surface area contributed by atoms with Crippen LogP contribution < -0.4 is 9.47 Å². The lowest BCUT2D eigenvalue weighted by Gasteiger charge is -2.29. The van der Waals surface area contributed by atoms with Crippen LogP contribution in [0.15, 0.2) is 18.2 Å². The molecule has 0 saturated heterocycles. The Morgan fingerprint density at radius 2 is 1.90 bits per heavy atom. The predicted octanol–water partition coefficient (Wildman–Crippen LogP) is 3.08. The van der Waals surface area contributed by atoms with Gasteiger partial charge in [-0.25, -0.2) is 0 Å². The fourth-order valence-corrected chi connectivity index (χ4v) is 2.64. The molecule has 0 amide bonds. The van der Waals surface area contributed by atoms with Gasteiger partial charge in [0.05, 0.1) is 19.3 Å². The van der Waals surface area contributed by atoms with Crippen LogP contribution >= 0.6 is 0 Å². The summed E-state index contributed by atoms with van der Waals surface area (Å²) in [5.41, 5.74) is 0.826. The van der Waals surface area contributed by atoms with Crippen molar-refractivity contribution in [2.24, 2.45) is 0 Å². The standard InChI is InChI=1S/C16H24O4/c1-11(17)12-7-8-15(16(9-12)19-3)20-14-6-4-5-13(10-14)18-2/h7-9,11,13-14,17H,4-6,10H2,1-3H3. The minimum atomic E-state index is -0.509. The SMILES string of the molecule is COc1cc(C(C)O)ccc1OC1CCCC(OC)C1.